The number of halogens is 1. The van der Waals surface area contributed by atoms with Crippen molar-refractivity contribution in [3.05, 3.63) is 20.8 Å². The SMILES string of the molecule is CCCCOCCOCCNC(=NCc1ccc(Br)s1)NCC. The van der Waals surface area contributed by atoms with Gasteiger partial charge < -0.3 is 20.1 Å². The van der Waals surface area contributed by atoms with Crippen LogP contribution in [0.3, 0.4) is 0 Å². The molecule has 23 heavy (non-hydrogen) atoms. The molecular formula is C16H28BrN3O2S. The fraction of sp³-hybridized carbons (Fsp3) is 0.688. The molecule has 0 aliphatic heterocycles. The topological polar surface area (TPSA) is 54.9 Å². The second-order valence-corrected chi connectivity index (χ2v) is 7.45. The van der Waals surface area contributed by atoms with Gasteiger partial charge in [0, 0.05) is 24.6 Å². The molecule has 132 valence electrons. The van der Waals surface area contributed by atoms with E-state index >= 15 is 0 Å². The van der Waals surface area contributed by atoms with Crippen molar-refractivity contribution in [1.29, 1.82) is 0 Å². The van der Waals surface area contributed by atoms with E-state index in [1.807, 2.05) is 6.07 Å². The molecule has 0 aliphatic carbocycles. The van der Waals surface area contributed by atoms with Crippen molar-refractivity contribution >= 4 is 33.2 Å². The molecule has 0 saturated carbocycles. The number of nitrogens with one attached hydrogen (secondary N) is 2. The Balaban J connectivity index is 2.13. The van der Waals surface area contributed by atoms with Crippen LogP contribution in [-0.4, -0.2) is 45.5 Å². The van der Waals surface area contributed by atoms with E-state index in [1.165, 1.54) is 11.3 Å². The van der Waals surface area contributed by atoms with Crippen LogP contribution in [0.25, 0.3) is 0 Å². The van der Waals surface area contributed by atoms with E-state index in [2.05, 4.69) is 51.5 Å². The summed E-state index contributed by atoms with van der Waals surface area (Å²) in [6, 6.07) is 4.13. The molecule has 0 aromatic carbocycles. The highest BCUT2D eigenvalue weighted by Crippen LogP contribution is 2.22. The third kappa shape index (κ3) is 10.7. The minimum Gasteiger partial charge on any atom is -0.379 e. The van der Waals surface area contributed by atoms with Crippen LogP contribution in [0.2, 0.25) is 0 Å². The molecule has 7 heteroatoms. The predicted octanol–water partition coefficient (Wildman–Crippen LogP) is 3.40. The Morgan fingerprint density at radius 2 is 1.91 bits per heavy atom. The molecule has 0 bridgehead atoms. The number of guanidine groups is 1. The molecule has 0 radical (unpaired) electrons. The number of unbranched alkanes of at least 4 members (excludes halogenated alkanes) is 1. The van der Waals surface area contributed by atoms with E-state index in [0.29, 0.717) is 26.4 Å². The molecule has 1 heterocycles. The lowest BCUT2D eigenvalue weighted by molar-refractivity contribution is 0.0487. The Morgan fingerprint density at radius 3 is 2.57 bits per heavy atom. The molecule has 0 saturated heterocycles. The summed E-state index contributed by atoms with van der Waals surface area (Å²) in [5, 5.41) is 6.51. The average Bonchev–Trinajstić information content (AvgIpc) is 2.96. The Morgan fingerprint density at radius 1 is 1.13 bits per heavy atom. The number of nitrogens with zero attached hydrogens (tertiary/aromatic N) is 1. The lowest BCUT2D eigenvalue weighted by atomic mass is 10.4. The summed E-state index contributed by atoms with van der Waals surface area (Å²) in [6.07, 6.45) is 2.28. The molecule has 0 aliphatic rings. The van der Waals surface area contributed by atoms with Gasteiger partial charge in [-0.25, -0.2) is 4.99 Å². The van der Waals surface area contributed by atoms with Crippen LogP contribution in [0.15, 0.2) is 20.9 Å². The fourth-order valence-electron chi connectivity index (χ4n) is 1.75. The van der Waals surface area contributed by atoms with Crippen LogP contribution in [-0.2, 0) is 16.0 Å². The summed E-state index contributed by atoms with van der Waals surface area (Å²) >= 11 is 5.17. The summed E-state index contributed by atoms with van der Waals surface area (Å²) in [4.78, 5) is 5.80. The molecule has 0 atom stereocenters. The zero-order valence-electron chi connectivity index (χ0n) is 14.1. The summed E-state index contributed by atoms with van der Waals surface area (Å²) in [5.41, 5.74) is 0. The predicted molar refractivity (Wildman–Crippen MR) is 101 cm³/mol. The largest absolute Gasteiger partial charge is 0.379 e. The van der Waals surface area contributed by atoms with Gasteiger partial charge in [0.1, 0.15) is 0 Å². The van der Waals surface area contributed by atoms with Gasteiger partial charge in [-0.05, 0) is 41.4 Å². The second-order valence-electron chi connectivity index (χ2n) is 4.91. The van der Waals surface area contributed by atoms with E-state index < -0.39 is 0 Å². The molecule has 0 fully saturated rings. The van der Waals surface area contributed by atoms with Crippen molar-refractivity contribution in [2.24, 2.45) is 4.99 Å². The lowest BCUT2D eigenvalue weighted by Gasteiger charge is -2.11. The van der Waals surface area contributed by atoms with Gasteiger partial charge in [0.25, 0.3) is 0 Å². The molecule has 0 spiro atoms. The lowest BCUT2D eigenvalue weighted by Crippen LogP contribution is -2.39. The van der Waals surface area contributed by atoms with Gasteiger partial charge >= 0.3 is 0 Å². The molecular weight excluding hydrogens is 378 g/mol. The monoisotopic (exact) mass is 405 g/mol. The third-order valence-corrected chi connectivity index (χ3v) is 4.53. The summed E-state index contributed by atoms with van der Waals surface area (Å²) < 4.78 is 12.1. The minimum atomic E-state index is 0.641. The first-order valence-corrected chi connectivity index (χ1v) is 9.79. The van der Waals surface area contributed by atoms with Gasteiger partial charge in [-0.1, -0.05) is 13.3 Å². The first kappa shape index (κ1) is 20.4. The zero-order chi connectivity index (χ0) is 16.8. The van der Waals surface area contributed by atoms with Crippen molar-refractivity contribution in [1.82, 2.24) is 10.6 Å². The first-order valence-electron chi connectivity index (χ1n) is 8.18. The normalized spacial score (nSPS) is 11.7. The summed E-state index contributed by atoms with van der Waals surface area (Å²) in [5.74, 6) is 0.819. The zero-order valence-corrected chi connectivity index (χ0v) is 16.5. The smallest absolute Gasteiger partial charge is 0.191 e. The van der Waals surface area contributed by atoms with Crippen LogP contribution in [0.4, 0.5) is 0 Å². The maximum Gasteiger partial charge on any atom is 0.191 e. The van der Waals surface area contributed by atoms with Crippen molar-refractivity contribution in [3.63, 3.8) is 0 Å². The van der Waals surface area contributed by atoms with Crippen LogP contribution in [0, 0.1) is 0 Å². The van der Waals surface area contributed by atoms with Gasteiger partial charge in [0.15, 0.2) is 5.96 Å². The Bertz CT molecular complexity index is 441. The summed E-state index contributed by atoms with van der Waals surface area (Å²) in [6.45, 7) is 9.25. The number of ether oxygens (including phenoxy) is 2. The van der Waals surface area contributed by atoms with Crippen LogP contribution < -0.4 is 10.6 Å². The van der Waals surface area contributed by atoms with E-state index in [0.717, 1.165) is 35.9 Å². The fourth-order valence-corrected chi connectivity index (χ4v) is 3.15. The molecule has 1 rings (SSSR count). The Labute approximate surface area is 152 Å². The van der Waals surface area contributed by atoms with E-state index in [1.54, 1.807) is 11.3 Å². The van der Waals surface area contributed by atoms with Gasteiger partial charge in [-0.3, -0.25) is 0 Å². The Hall–Kier alpha value is -0.630. The van der Waals surface area contributed by atoms with E-state index in [9.17, 15) is 0 Å². The number of hydrogen-bond acceptors (Lipinski definition) is 4. The van der Waals surface area contributed by atoms with Crippen molar-refractivity contribution in [2.45, 2.75) is 33.2 Å². The third-order valence-electron chi connectivity index (χ3n) is 2.92. The van der Waals surface area contributed by atoms with Gasteiger partial charge in [0.05, 0.1) is 30.2 Å². The molecule has 5 nitrogen and oxygen atoms in total. The number of aliphatic imine (C=N–C) groups is 1. The van der Waals surface area contributed by atoms with Gasteiger partial charge in [-0.2, -0.15) is 0 Å². The van der Waals surface area contributed by atoms with Crippen LogP contribution in [0.5, 0.6) is 0 Å². The molecule has 1 aromatic rings. The van der Waals surface area contributed by atoms with Gasteiger partial charge in [-0.15, -0.1) is 11.3 Å². The van der Waals surface area contributed by atoms with Crippen molar-refractivity contribution < 1.29 is 9.47 Å². The Kier molecular flexibility index (Phi) is 12.2. The summed E-state index contributed by atoms with van der Waals surface area (Å²) in [7, 11) is 0. The maximum atomic E-state index is 5.53. The second kappa shape index (κ2) is 13.8. The molecule has 2 N–H and O–H groups in total. The van der Waals surface area contributed by atoms with Crippen LogP contribution >= 0.6 is 27.3 Å². The number of thiophene rings is 1. The molecule has 1 aromatic heterocycles. The quantitative estimate of drug-likeness (QED) is 0.317. The first-order chi connectivity index (χ1) is 11.3. The van der Waals surface area contributed by atoms with E-state index in [4.69, 9.17) is 9.47 Å². The average molecular weight is 406 g/mol. The van der Waals surface area contributed by atoms with Gasteiger partial charge in [0.2, 0.25) is 0 Å². The van der Waals surface area contributed by atoms with E-state index in [-0.39, 0.29) is 0 Å². The minimum absolute atomic E-state index is 0.641. The van der Waals surface area contributed by atoms with Crippen molar-refractivity contribution in [2.75, 3.05) is 39.5 Å². The molecule has 0 unspecified atom stereocenters. The van der Waals surface area contributed by atoms with Crippen LogP contribution in [0.1, 0.15) is 31.6 Å². The standard InChI is InChI=1S/C16H28BrN3O2S/c1-3-5-9-21-11-12-22-10-8-19-16(18-4-2)20-13-14-6-7-15(17)23-14/h6-7H,3-5,8-13H2,1-2H3,(H2,18,19,20). The van der Waals surface area contributed by atoms with Crippen molar-refractivity contribution in [3.8, 4) is 0 Å². The maximum absolute atomic E-state index is 5.53. The highest BCUT2D eigenvalue weighted by atomic mass is 79.9. The highest BCUT2D eigenvalue weighted by Gasteiger charge is 1.99. The molecule has 0 amide bonds. The highest BCUT2D eigenvalue weighted by molar-refractivity contribution is 9.11. The number of rotatable bonds is 12. The number of hydrogen-bond donors (Lipinski definition) is 2.